The van der Waals surface area contributed by atoms with Crippen LogP contribution in [0.2, 0.25) is 0 Å². The summed E-state index contributed by atoms with van der Waals surface area (Å²) in [6.07, 6.45) is 1.70. The molecule has 1 unspecified atom stereocenters. The van der Waals surface area contributed by atoms with Crippen molar-refractivity contribution in [3.05, 3.63) is 23.9 Å². The van der Waals surface area contributed by atoms with Gasteiger partial charge in [0, 0.05) is 26.4 Å². The van der Waals surface area contributed by atoms with Crippen molar-refractivity contribution in [3.63, 3.8) is 0 Å². The van der Waals surface area contributed by atoms with Gasteiger partial charge in [0.05, 0.1) is 19.3 Å². The Hall–Kier alpha value is -1.66. The van der Waals surface area contributed by atoms with E-state index in [1.165, 1.54) is 7.11 Å². The van der Waals surface area contributed by atoms with Gasteiger partial charge in [-0.2, -0.15) is 0 Å². The summed E-state index contributed by atoms with van der Waals surface area (Å²) in [6.45, 7) is 1.56. The third-order valence-electron chi connectivity index (χ3n) is 3.00. The molecule has 1 aromatic heterocycles. The molecular weight excluding hydrogens is 234 g/mol. The van der Waals surface area contributed by atoms with Gasteiger partial charge in [-0.05, 0) is 12.1 Å². The van der Waals surface area contributed by atoms with Crippen LogP contribution in [0.15, 0.2) is 18.3 Å². The molecule has 1 aromatic rings. The van der Waals surface area contributed by atoms with E-state index in [1.54, 1.807) is 25.4 Å². The van der Waals surface area contributed by atoms with Gasteiger partial charge < -0.3 is 20.1 Å². The Morgan fingerprint density at radius 3 is 3.06 bits per heavy atom. The molecule has 0 bridgehead atoms. The van der Waals surface area contributed by atoms with Crippen molar-refractivity contribution in [1.82, 2.24) is 10.3 Å². The van der Waals surface area contributed by atoms with Crippen molar-refractivity contribution < 1.29 is 14.3 Å². The van der Waals surface area contributed by atoms with Crippen LogP contribution in [0.3, 0.4) is 0 Å². The minimum atomic E-state index is -0.398. The van der Waals surface area contributed by atoms with Crippen molar-refractivity contribution in [2.75, 3.05) is 32.6 Å². The summed E-state index contributed by atoms with van der Waals surface area (Å²) >= 11 is 0. The van der Waals surface area contributed by atoms with Crippen LogP contribution in [0.5, 0.6) is 0 Å². The van der Waals surface area contributed by atoms with Gasteiger partial charge in [0.2, 0.25) is 0 Å². The Bertz CT molecular complexity index is 425. The van der Waals surface area contributed by atoms with Gasteiger partial charge >= 0.3 is 5.97 Å². The van der Waals surface area contributed by atoms with Gasteiger partial charge in [-0.25, -0.2) is 9.78 Å². The van der Waals surface area contributed by atoms with Crippen molar-refractivity contribution in [2.45, 2.75) is 12.1 Å². The van der Waals surface area contributed by atoms with Gasteiger partial charge in [0.25, 0.3) is 0 Å². The maximum Gasteiger partial charge on any atom is 0.341 e. The first-order valence-corrected chi connectivity index (χ1v) is 5.79. The van der Waals surface area contributed by atoms with Crippen LogP contribution in [-0.4, -0.2) is 50.4 Å². The molecule has 1 aliphatic rings. The van der Waals surface area contributed by atoms with E-state index in [2.05, 4.69) is 15.6 Å². The predicted molar refractivity (Wildman–Crippen MR) is 66.7 cm³/mol. The highest BCUT2D eigenvalue weighted by Crippen LogP contribution is 2.16. The maximum atomic E-state index is 11.6. The van der Waals surface area contributed by atoms with Crippen molar-refractivity contribution in [1.29, 1.82) is 0 Å². The number of ether oxygens (including phenoxy) is 2. The summed E-state index contributed by atoms with van der Waals surface area (Å²) in [4.78, 5) is 15.8. The molecule has 6 nitrogen and oxygen atoms in total. The van der Waals surface area contributed by atoms with Gasteiger partial charge in [0.1, 0.15) is 11.4 Å². The Balaban J connectivity index is 2.16. The summed E-state index contributed by atoms with van der Waals surface area (Å²) < 4.78 is 10.1. The first-order valence-electron chi connectivity index (χ1n) is 5.79. The molecule has 2 heterocycles. The zero-order valence-electron chi connectivity index (χ0n) is 10.5. The molecule has 2 N–H and O–H groups in total. The van der Waals surface area contributed by atoms with E-state index in [9.17, 15) is 4.79 Å². The molecule has 98 valence electrons. The van der Waals surface area contributed by atoms with Gasteiger partial charge in [-0.15, -0.1) is 0 Å². The Kier molecular flexibility index (Phi) is 4.11. The molecule has 1 saturated heterocycles. The number of carbonyl (C=O) groups excluding carboxylic acids is 1. The second-order valence-electron chi connectivity index (χ2n) is 4.07. The zero-order valence-corrected chi connectivity index (χ0v) is 10.5. The number of esters is 1. The minimum absolute atomic E-state index is 0.0671. The number of nitrogens with zero attached hydrogens (tertiary/aromatic N) is 1. The van der Waals surface area contributed by atoms with E-state index in [1.807, 2.05) is 0 Å². The second kappa shape index (κ2) is 5.79. The van der Waals surface area contributed by atoms with Gasteiger partial charge in [-0.3, -0.25) is 0 Å². The molecule has 0 saturated carbocycles. The molecule has 2 rings (SSSR count). The lowest BCUT2D eigenvalue weighted by molar-refractivity contribution is 0.0601. The number of carbonyl (C=O) groups is 1. The van der Waals surface area contributed by atoms with Gasteiger partial charge in [-0.1, -0.05) is 0 Å². The largest absolute Gasteiger partial charge is 0.465 e. The maximum absolute atomic E-state index is 11.6. The van der Waals surface area contributed by atoms with E-state index in [4.69, 9.17) is 9.47 Å². The predicted octanol–water partition coefficient (Wildman–Crippen LogP) is 0.267. The number of methoxy groups -OCH3 is 2. The molecule has 0 aliphatic carbocycles. The van der Waals surface area contributed by atoms with Crippen LogP contribution in [0.1, 0.15) is 10.4 Å². The summed E-state index contributed by atoms with van der Waals surface area (Å²) in [6, 6.07) is 3.48. The monoisotopic (exact) mass is 251 g/mol. The number of anilines is 1. The summed E-state index contributed by atoms with van der Waals surface area (Å²) in [5, 5.41) is 6.45. The van der Waals surface area contributed by atoms with E-state index in [0.29, 0.717) is 11.4 Å². The lowest BCUT2D eigenvalue weighted by atomic mass is 10.2. The summed E-state index contributed by atoms with van der Waals surface area (Å²) in [5.41, 5.74) is 0.432. The van der Waals surface area contributed by atoms with E-state index in [-0.39, 0.29) is 12.1 Å². The number of rotatable bonds is 4. The molecule has 1 aliphatic heterocycles. The molecule has 18 heavy (non-hydrogen) atoms. The first-order chi connectivity index (χ1) is 8.76. The van der Waals surface area contributed by atoms with Crippen LogP contribution in [0.4, 0.5) is 5.82 Å². The first kappa shape index (κ1) is 12.8. The average Bonchev–Trinajstić information content (AvgIpc) is 2.86. The fourth-order valence-electron chi connectivity index (χ4n) is 2.02. The highest BCUT2D eigenvalue weighted by Gasteiger charge is 2.28. The Morgan fingerprint density at radius 1 is 1.50 bits per heavy atom. The Morgan fingerprint density at radius 2 is 2.33 bits per heavy atom. The lowest BCUT2D eigenvalue weighted by Crippen LogP contribution is -2.34. The summed E-state index contributed by atoms with van der Waals surface area (Å²) in [5.74, 6) is 0.130. The lowest BCUT2D eigenvalue weighted by Gasteiger charge is -2.20. The molecule has 0 radical (unpaired) electrons. The number of hydrogen-bond acceptors (Lipinski definition) is 6. The van der Waals surface area contributed by atoms with Crippen LogP contribution < -0.4 is 10.6 Å². The highest BCUT2D eigenvalue weighted by molar-refractivity contribution is 5.94. The number of aromatic nitrogens is 1. The van der Waals surface area contributed by atoms with Crippen LogP contribution in [-0.2, 0) is 9.47 Å². The van der Waals surface area contributed by atoms with Crippen molar-refractivity contribution in [2.24, 2.45) is 0 Å². The zero-order chi connectivity index (χ0) is 13.0. The second-order valence-corrected chi connectivity index (χ2v) is 4.07. The average molecular weight is 251 g/mol. The smallest absolute Gasteiger partial charge is 0.341 e. The fourth-order valence-corrected chi connectivity index (χ4v) is 2.02. The van der Waals surface area contributed by atoms with Gasteiger partial charge in [0.15, 0.2) is 0 Å². The molecular formula is C12H17N3O3. The highest BCUT2D eigenvalue weighted by atomic mass is 16.5. The van der Waals surface area contributed by atoms with Crippen LogP contribution >= 0.6 is 0 Å². The van der Waals surface area contributed by atoms with E-state index in [0.717, 1.165) is 13.1 Å². The Labute approximate surface area is 106 Å². The number of hydrogen-bond donors (Lipinski definition) is 2. The van der Waals surface area contributed by atoms with Crippen LogP contribution in [0, 0.1) is 0 Å². The molecule has 0 spiro atoms. The topological polar surface area (TPSA) is 72.5 Å². The fraction of sp³-hybridized carbons (Fsp3) is 0.500. The standard InChI is InChI=1S/C12H17N3O3/c1-17-10-7-13-6-9(10)15-11-8(12(16)18-2)4-3-5-14-11/h3-5,9-10,13H,6-7H2,1-2H3,(H,14,15)/t9?,10-/m0/s1. The normalized spacial score (nSPS) is 22.8. The number of pyridine rings is 1. The van der Waals surface area contributed by atoms with Crippen molar-refractivity contribution >= 4 is 11.8 Å². The SMILES string of the molecule is COC(=O)c1cccnc1NC1CNC[C@@H]1OC. The van der Waals surface area contributed by atoms with E-state index < -0.39 is 5.97 Å². The molecule has 1 fully saturated rings. The third kappa shape index (κ3) is 2.60. The van der Waals surface area contributed by atoms with Crippen molar-refractivity contribution in [3.8, 4) is 0 Å². The quantitative estimate of drug-likeness (QED) is 0.748. The van der Waals surface area contributed by atoms with E-state index >= 15 is 0 Å². The third-order valence-corrected chi connectivity index (χ3v) is 3.00. The molecule has 6 heteroatoms. The van der Waals surface area contributed by atoms with Crippen LogP contribution in [0.25, 0.3) is 0 Å². The number of nitrogens with one attached hydrogen (secondary N) is 2. The minimum Gasteiger partial charge on any atom is -0.465 e. The summed E-state index contributed by atoms with van der Waals surface area (Å²) in [7, 11) is 3.03. The molecule has 0 amide bonds. The molecule has 2 atom stereocenters. The molecule has 0 aromatic carbocycles.